The Balaban J connectivity index is 2.61. The highest BCUT2D eigenvalue weighted by Gasteiger charge is 2.29. The first-order chi connectivity index (χ1) is 9.49. The van der Waals surface area contributed by atoms with E-state index in [0.29, 0.717) is 16.8 Å². The van der Waals surface area contributed by atoms with Gasteiger partial charge in [-0.05, 0) is 39.3 Å². The monoisotopic (exact) mass is 340 g/mol. The highest BCUT2D eigenvalue weighted by Crippen LogP contribution is 2.27. The van der Waals surface area contributed by atoms with Gasteiger partial charge >= 0.3 is 6.18 Å². The summed E-state index contributed by atoms with van der Waals surface area (Å²) in [6, 6.07) is 3.05. The molecule has 0 spiro atoms. The molecule has 0 bridgehead atoms. The predicted molar refractivity (Wildman–Crippen MR) is 80.5 cm³/mol. The topological polar surface area (TPSA) is 48.0 Å². The van der Waals surface area contributed by atoms with Gasteiger partial charge in [0.25, 0.3) is 0 Å². The minimum absolute atomic E-state index is 0.195. The fraction of sp³-hybridized carbons (Fsp3) is 0.615. The first-order valence-electron chi connectivity index (χ1n) is 6.32. The van der Waals surface area contributed by atoms with Gasteiger partial charge < -0.3 is 4.55 Å². The Kier molecular flexibility index (Phi) is 6.39. The van der Waals surface area contributed by atoms with E-state index in [1.807, 2.05) is 27.7 Å². The highest BCUT2D eigenvalue weighted by molar-refractivity contribution is 7.99. The smallest absolute Gasteiger partial charge is 0.398 e. The van der Waals surface area contributed by atoms with Gasteiger partial charge in [-0.25, -0.2) is 4.98 Å². The summed E-state index contributed by atoms with van der Waals surface area (Å²) in [7, 11) is 0. The molecular weight excluding hydrogens is 321 g/mol. The standard InChI is InChI=1S/C13H19F3N2OS2/c1-9(18-21(19)12(2,3)4)10-5-6-11(17-7-10)20-8-13(14,15)16/h5-7,9,18H,8H2,1-4H3/t9-,21-/m1/s1. The van der Waals surface area contributed by atoms with Crippen LogP contribution in [-0.2, 0) is 11.4 Å². The molecule has 2 atom stereocenters. The third kappa shape index (κ3) is 6.90. The maximum absolute atomic E-state index is 12.1. The molecule has 120 valence electrons. The number of thioether (sulfide) groups is 1. The van der Waals surface area contributed by atoms with Crippen molar-refractivity contribution in [3.05, 3.63) is 23.9 Å². The van der Waals surface area contributed by atoms with Crippen molar-refractivity contribution < 1.29 is 17.7 Å². The van der Waals surface area contributed by atoms with E-state index >= 15 is 0 Å². The lowest BCUT2D eigenvalue weighted by Crippen LogP contribution is -2.40. The zero-order valence-corrected chi connectivity index (χ0v) is 14.0. The molecule has 3 nitrogen and oxygen atoms in total. The Hall–Kier alpha value is -0.440. The molecule has 1 aromatic rings. The molecule has 0 aliphatic rings. The molecule has 0 aliphatic carbocycles. The van der Waals surface area contributed by atoms with Gasteiger partial charge in [0.2, 0.25) is 0 Å². The largest absolute Gasteiger partial charge is 0.598 e. The summed E-state index contributed by atoms with van der Waals surface area (Å²) in [6.45, 7) is 7.41. The van der Waals surface area contributed by atoms with Crippen LogP contribution in [0.2, 0.25) is 0 Å². The van der Waals surface area contributed by atoms with E-state index < -0.39 is 23.3 Å². The van der Waals surface area contributed by atoms with E-state index in [4.69, 9.17) is 0 Å². The van der Waals surface area contributed by atoms with Crippen LogP contribution in [0.1, 0.15) is 39.3 Å². The van der Waals surface area contributed by atoms with Crippen LogP contribution in [0.3, 0.4) is 0 Å². The van der Waals surface area contributed by atoms with Crippen molar-refractivity contribution in [3.63, 3.8) is 0 Å². The summed E-state index contributed by atoms with van der Waals surface area (Å²) in [4.78, 5) is 4.00. The lowest BCUT2D eigenvalue weighted by molar-refractivity contribution is -0.105. The fourth-order valence-electron chi connectivity index (χ4n) is 1.29. The van der Waals surface area contributed by atoms with Gasteiger partial charge in [0.1, 0.15) is 4.75 Å². The molecule has 1 aromatic heterocycles. The van der Waals surface area contributed by atoms with Crippen molar-refractivity contribution in [2.75, 3.05) is 5.75 Å². The Morgan fingerprint density at radius 3 is 2.38 bits per heavy atom. The zero-order valence-electron chi connectivity index (χ0n) is 12.3. The molecule has 0 fully saturated rings. The van der Waals surface area contributed by atoms with Gasteiger partial charge in [-0.3, -0.25) is 0 Å². The molecule has 1 N–H and O–H groups in total. The van der Waals surface area contributed by atoms with Crippen LogP contribution in [0.15, 0.2) is 23.4 Å². The number of pyridine rings is 1. The first kappa shape index (κ1) is 18.6. The molecule has 0 aliphatic heterocycles. The summed E-state index contributed by atoms with van der Waals surface area (Å²) >= 11 is -0.571. The maximum Gasteiger partial charge on any atom is 0.398 e. The summed E-state index contributed by atoms with van der Waals surface area (Å²) in [5.74, 6) is -0.957. The van der Waals surface area contributed by atoms with Gasteiger partial charge in [0.05, 0.1) is 16.8 Å². The average molecular weight is 340 g/mol. The van der Waals surface area contributed by atoms with E-state index in [1.54, 1.807) is 12.1 Å². The Bertz CT molecular complexity index is 446. The van der Waals surface area contributed by atoms with E-state index in [-0.39, 0.29) is 10.8 Å². The molecule has 0 saturated carbocycles. The predicted octanol–water partition coefficient (Wildman–Crippen LogP) is 3.85. The van der Waals surface area contributed by atoms with Crippen molar-refractivity contribution >= 4 is 23.1 Å². The Morgan fingerprint density at radius 1 is 1.33 bits per heavy atom. The lowest BCUT2D eigenvalue weighted by atomic mass is 10.2. The lowest BCUT2D eigenvalue weighted by Gasteiger charge is -2.26. The quantitative estimate of drug-likeness (QED) is 0.653. The molecule has 8 heteroatoms. The van der Waals surface area contributed by atoms with Crippen LogP contribution in [-0.4, -0.2) is 26.2 Å². The Morgan fingerprint density at radius 2 is 1.95 bits per heavy atom. The van der Waals surface area contributed by atoms with Crippen LogP contribution in [0.4, 0.5) is 13.2 Å². The van der Waals surface area contributed by atoms with Crippen molar-refractivity contribution in [2.24, 2.45) is 0 Å². The molecule has 0 saturated heterocycles. The molecule has 0 amide bonds. The summed E-state index contributed by atoms with van der Waals surface area (Å²) in [6.07, 6.45) is -2.69. The normalized spacial score (nSPS) is 15.8. The number of hydrogen-bond donors (Lipinski definition) is 1. The van der Waals surface area contributed by atoms with E-state index in [1.165, 1.54) is 6.20 Å². The minimum atomic E-state index is -4.20. The number of hydrogen-bond acceptors (Lipinski definition) is 4. The van der Waals surface area contributed by atoms with Crippen LogP contribution in [0.25, 0.3) is 0 Å². The van der Waals surface area contributed by atoms with Gasteiger partial charge in [0.15, 0.2) is 0 Å². The number of nitrogens with zero attached hydrogens (tertiary/aromatic N) is 1. The molecule has 1 heterocycles. The molecule has 0 radical (unpaired) electrons. The van der Waals surface area contributed by atoms with Gasteiger partial charge in [-0.15, -0.1) is 4.72 Å². The molecule has 0 aromatic carbocycles. The third-order valence-corrected chi connectivity index (χ3v) is 5.17. The number of alkyl halides is 3. The van der Waals surface area contributed by atoms with Gasteiger partial charge in [0, 0.05) is 17.6 Å². The van der Waals surface area contributed by atoms with E-state index in [9.17, 15) is 17.7 Å². The first-order valence-corrected chi connectivity index (χ1v) is 8.46. The zero-order chi connectivity index (χ0) is 16.3. The maximum atomic E-state index is 12.1. The molecule has 1 rings (SSSR count). The van der Waals surface area contributed by atoms with Crippen LogP contribution < -0.4 is 4.72 Å². The second kappa shape index (κ2) is 7.21. The highest BCUT2D eigenvalue weighted by atomic mass is 32.2. The van der Waals surface area contributed by atoms with Crippen LogP contribution >= 0.6 is 11.8 Å². The van der Waals surface area contributed by atoms with Gasteiger partial charge in [-0.1, -0.05) is 17.8 Å². The minimum Gasteiger partial charge on any atom is -0.598 e. The Labute approximate surface area is 130 Å². The second-order valence-electron chi connectivity index (χ2n) is 5.55. The van der Waals surface area contributed by atoms with Crippen molar-refractivity contribution in [1.29, 1.82) is 0 Å². The number of rotatable bonds is 5. The van der Waals surface area contributed by atoms with E-state index in [0.717, 1.165) is 5.56 Å². The second-order valence-corrected chi connectivity index (χ2v) is 8.55. The SMILES string of the molecule is C[C@@H](N[S@+]([O-])C(C)(C)C)c1ccc(SCC(F)(F)F)nc1. The van der Waals surface area contributed by atoms with Crippen molar-refractivity contribution in [3.8, 4) is 0 Å². The third-order valence-electron chi connectivity index (χ3n) is 2.48. The fourth-order valence-corrected chi connectivity index (χ4v) is 2.71. The van der Waals surface area contributed by atoms with Crippen LogP contribution in [0, 0.1) is 0 Å². The number of aromatic nitrogens is 1. The number of nitrogens with one attached hydrogen (secondary N) is 1. The summed E-state index contributed by atoms with van der Waals surface area (Å²) in [5, 5.41) is 0.320. The number of halogens is 3. The van der Waals surface area contributed by atoms with Crippen molar-refractivity contribution in [1.82, 2.24) is 9.71 Å². The molecular formula is C13H19F3N2OS2. The molecule has 0 unspecified atom stereocenters. The van der Waals surface area contributed by atoms with Gasteiger partial charge in [-0.2, -0.15) is 13.2 Å². The van der Waals surface area contributed by atoms with E-state index in [2.05, 4.69) is 9.71 Å². The summed E-state index contributed by atoms with van der Waals surface area (Å²) < 4.78 is 50.9. The van der Waals surface area contributed by atoms with Crippen LogP contribution in [0.5, 0.6) is 0 Å². The van der Waals surface area contributed by atoms with Crippen molar-refractivity contribution in [2.45, 2.75) is 49.7 Å². The molecule has 21 heavy (non-hydrogen) atoms. The average Bonchev–Trinajstić information content (AvgIpc) is 2.35. The summed E-state index contributed by atoms with van der Waals surface area (Å²) in [5.41, 5.74) is 0.781.